The molecule has 4 fully saturated rings. The number of thioether (sulfide) groups is 1. The van der Waals surface area contributed by atoms with Crippen molar-refractivity contribution >= 4 is 204 Å². The number of sulfone groups is 1. The second kappa shape index (κ2) is 50.1. The van der Waals surface area contributed by atoms with Crippen LogP contribution in [0.4, 0.5) is 92.3 Å². The van der Waals surface area contributed by atoms with Crippen LogP contribution in [0.2, 0.25) is 15.1 Å². The van der Waals surface area contributed by atoms with Crippen molar-refractivity contribution in [3.63, 3.8) is 0 Å². The average molecular weight is 2200 g/mol. The van der Waals surface area contributed by atoms with E-state index in [1.54, 1.807) is 161 Å². The van der Waals surface area contributed by atoms with Crippen LogP contribution in [0.5, 0.6) is 23.0 Å². The molecule has 5 N–H and O–H groups in total. The maximum Gasteiger partial charge on any atom is 0.237 e. The lowest BCUT2D eigenvalue weighted by molar-refractivity contribution is -0.116. The first kappa shape index (κ1) is 114. The molecule has 0 radical (unpaired) electrons. The first-order valence-electron chi connectivity index (χ1n) is 49.8. The summed E-state index contributed by atoms with van der Waals surface area (Å²) in [5.41, 5.74) is 9.48. The SMILES string of the molecule is CCc1nc(Cc2ccc(N3CCC(N4CCN(C)CC4)CC3)cc2OC)nc(Nc2ccccc2P(C)(C)=O)c1Cl.COc1cc(N2CCC(N3CCN(C)CC3)CC2)ccc1Nc1ncc(Cl)c(N(C)c2ccccc2P(C)(C)=O)n1.COc1cc(P(C)(C)=O)ccc1Nc1ncc(Cl)c(Nc2ccccc2SC(C)C)n1.COc1cc(P(C)(C)=O)ccc1Nc1ncc2c(n1)N(c1ccccc1S(=O)(=O)C(C)C)C(=O)C2. The number of para-hydroxylation sites is 4. The van der Waals surface area contributed by atoms with E-state index in [0.29, 0.717) is 120 Å². The maximum atomic E-state index is 13.0. The molecule has 32 nitrogen and oxygen atoms in total. The quantitative estimate of drug-likeness (QED) is 0.0193. The number of nitrogens with one attached hydrogen (secondary N) is 5. The van der Waals surface area contributed by atoms with Crippen molar-refractivity contribution < 1.29 is 50.4 Å². The van der Waals surface area contributed by atoms with Gasteiger partial charge in [0.15, 0.2) is 27.3 Å². The Morgan fingerprint density at radius 1 is 0.477 bits per heavy atom. The number of carbonyl (C=O) groups is 1. The molecule has 12 aromatic rings. The summed E-state index contributed by atoms with van der Waals surface area (Å²) in [7, 11) is -0.779. The number of hydrogen-bond acceptors (Lipinski definition) is 32. The molecule has 0 bridgehead atoms. The van der Waals surface area contributed by atoms with Gasteiger partial charge in [0.05, 0.1) is 103 Å². The van der Waals surface area contributed by atoms with Crippen LogP contribution < -0.4 is 86.3 Å². The van der Waals surface area contributed by atoms with E-state index in [1.807, 2.05) is 104 Å². The number of likely N-dealkylation sites (N-methyl/N-ethyl adjacent to an activating group) is 2. The van der Waals surface area contributed by atoms with Crippen molar-refractivity contribution in [3.05, 3.63) is 226 Å². The fourth-order valence-electron chi connectivity index (χ4n) is 18.4. The Hall–Kier alpha value is -10.9. The molecule has 5 aliphatic heterocycles. The lowest BCUT2D eigenvalue weighted by atomic mass is 10.0. The molecule has 0 aliphatic carbocycles. The van der Waals surface area contributed by atoms with Gasteiger partial charge >= 0.3 is 0 Å². The third kappa shape index (κ3) is 28.9. The number of hydrogen-bond donors (Lipinski definition) is 5. The molecule has 4 aromatic heterocycles. The van der Waals surface area contributed by atoms with Crippen molar-refractivity contribution in [2.24, 2.45) is 0 Å². The molecule has 149 heavy (non-hydrogen) atoms. The van der Waals surface area contributed by atoms with Gasteiger partial charge in [0.2, 0.25) is 23.8 Å². The summed E-state index contributed by atoms with van der Waals surface area (Å²) in [6.07, 6.45) is 10.7. The predicted octanol–water partition coefficient (Wildman–Crippen LogP) is 20.9. The van der Waals surface area contributed by atoms with E-state index in [2.05, 4.69) is 145 Å². The maximum absolute atomic E-state index is 13.0. The molecular weight excluding hydrogens is 2060 g/mol. The third-order valence-corrected chi connectivity index (χ3v) is 37.1. The fraction of sp³-hybridized carbons (Fsp3) is 0.398. The zero-order chi connectivity index (χ0) is 107. The summed E-state index contributed by atoms with van der Waals surface area (Å²) in [5, 5.41) is 20.3. The van der Waals surface area contributed by atoms with E-state index in [9.17, 15) is 31.5 Å². The Bertz CT molecular complexity index is 7080. The van der Waals surface area contributed by atoms with E-state index in [-0.39, 0.29) is 28.9 Å². The number of aromatic nitrogens is 8. The number of carbonyl (C=O) groups excluding carboxylic acids is 1. The largest absolute Gasteiger partial charge is 0.496 e. The number of piperazine rings is 2. The molecule has 9 heterocycles. The second-order valence-electron chi connectivity index (χ2n) is 39.6. The molecule has 41 heteroatoms. The zero-order valence-corrected chi connectivity index (χ0v) is 96.0. The number of nitrogens with zero attached hydrogens (tertiary/aromatic N) is 16. The van der Waals surface area contributed by atoms with Crippen LogP contribution in [0.15, 0.2) is 198 Å². The van der Waals surface area contributed by atoms with Crippen LogP contribution in [-0.2, 0) is 52.2 Å². The molecule has 0 atom stereocenters. The van der Waals surface area contributed by atoms with Crippen molar-refractivity contribution in [1.29, 1.82) is 0 Å². The molecule has 8 aromatic carbocycles. The molecule has 4 saturated heterocycles. The minimum Gasteiger partial charge on any atom is -0.496 e. The Morgan fingerprint density at radius 3 is 1.47 bits per heavy atom. The molecule has 17 rings (SSSR count). The predicted molar refractivity (Wildman–Crippen MR) is 617 cm³/mol. The number of fused-ring (bicyclic) bond motifs is 1. The topological polar surface area (TPSA) is 346 Å². The average Bonchev–Trinajstić information content (AvgIpc) is 1.60. The minimum absolute atomic E-state index is 0.0615. The first-order valence-corrected chi connectivity index (χ1v) is 63.8. The van der Waals surface area contributed by atoms with Gasteiger partial charge in [-0.3, -0.25) is 19.5 Å². The number of anilines is 16. The smallest absolute Gasteiger partial charge is 0.237 e. The standard InChI is InChI=1S/C32H44ClN6O2P.C30H41ClN7O2P.C24H27N4O5PS.C22H26ClN4O2PS/c1-6-26-31(33)32(35-27-9-7-8-10-29(27)42(4,5)40)36-30(34-26)21-23-11-12-25(22-28(23)41-3)38-15-13-24(14-16-38)39-19-17-37(2)18-20-39;1-35-16-18-38(19-17-35)22-12-14-37(15-13-22)23-10-11-25(27(20-23)40-3)33-30-32-21-24(31)29(34-30)36(2)26-8-6-7-9-28(26)41(4,5)39;1-15(2)35(31,32)21-9-7-6-8-19(21)28-22(29)12-16-14-25-24(27-23(16)28)26-18-11-10-17(34(4,5)30)13-20(18)33-3;1-14(2)31-20-9-7-6-8-18(20)25-21-16(23)13-24-22(27-21)26-17-11-10-15(30(4,5)28)12-19(17)29-3/h7-12,22,24H,6,13-21H2,1-5H3,(H,34,35,36);6-11,20-22H,12-19H2,1-5H3,(H,32,33,34);6-11,13-15H,12H2,1-5H3,(H,25,26,27);6-14H,1-5H3,(H2,24,25,26,27). The highest BCUT2D eigenvalue weighted by molar-refractivity contribution is 8.00. The molecule has 794 valence electrons. The molecule has 0 saturated carbocycles. The molecular formula is C108H138Cl3N21O11P4S2. The number of rotatable bonds is 32. The summed E-state index contributed by atoms with van der Waals surface area (Å²) in [6, 6.07) is 54.4. The normalized spacial score (nSPS) is 15.3. The Morgan fingerprint density at radius 2 is 0.940 bits per heavy atom. The van der Waals surface area contributed by atoms with E-state index in [1.165, 1.54) is 88.7 Å². The van der Waals surface area contributed by atoms with Crippen molar-refractivity contribution in [2.45, 2.75) is 112 Å². The van der Waals surface area contributed by atoms with Gasteiger partial charge in [-0.15, -0.1) is 11.8 Å². The van der Waals surface area contributed by atoms with E-state index >= 15 is 0 Å². The Kier molecular flexibility index (Phi) is 38.2. The fourth-order valence-corrected chi connectivity index (χ4v) is 25.2. The Balaban J connectivity index is 0.000000158. The van der Waals surface area contributed by atoms with E-state index in [4.69, 9.17) is 68.7 Å². The zero-order valence-electron chi connectivity index (χ0n) is 88.5. The van der Waals surface area contributed by atoms with Crippen molar-refractivity contribution in [3.8, 4) is 23.0 Å². The molecule has 0 unspecified atom stereocenters. The summed E-state index contributed by atoms with van der Waals surface area (Å²) < 4.78 is 99.2. The van der Waals surface area contributed by atoms with Gasteiger partial charge < -0.3 is 88.3 Å². The number of piperidine rings is 2. The van der Waals surface area contributed by atoms with Crippen molar-refractivity contribution in [2.75, 3.05) is 228 Å². The van der Waals surface area contributed by atoms with Crippen LogP contribution in [-0.4, -0.2) is 278 Å². The number of amides is 1. The lowest BCUT2D eigenvalue weighted by Crippen LogP contribution is -2.52. The summed E-state index contributed by atoms with van der Waals surface area (Å²) in [4.78, 5) is 68.9. The number of benzene rings is 8. The van der Waals surface area contributed by atoms with Gasteiger partial charge in [-0.25, -0.2) is 33.3 Å². The number of ether oxygens (including phenoxy) is 4. The molecule has 0 spiro atoms. The van der Waals surface area contributed by atoms with Gasteiger partial charge in [-0.2, -0.15) is 15.0 Å². The molecule has 5 aliphatic rings. The van der Waals surface area contributed by atoms with Gasteiger partial charge in [0.25, 0.3) is 0 Å². The highest BCUT2D eigenvalue weighted by atomic mass is 35.5. The Labute approximate surface area is 896 Å². The number of halogens is 3. The molecule has 1 amide bonds. The lowest BCUT2D eigenvalue weighted by Gasteiger charge is -2.42. The van der Waals surface area contributed by atoms with Crippen LogP contribution in [0.25, 0.3) is 0 Å². The number of methoxy groups -OCH3 is 4. The van der Waals surface area contributed by atoms with Crippen LogP contribution in [0.1, 0.15) is 82.9 Å². The third-order valence-electron chi connectivity index (χ3n) is 26.8. The van der Waals surface area contributed by atoms with Gasteiger partial charge in [0.1, 0.15) is 78.3 Å². The van der Waals surface area contributed by atoms with Crippen molar-refractivity contribution in [1.82, 2.24) is 59.5 Å². The highest BCUT2D eigenvalue weighted by Crippen LogP contribution is 2.47. The second-order valence-corrected chi connectivity index (χ2v) is 57.7. The van der Waals surface area contributed by atoms with Gasteiger partial charge in [-0.1, -0.05) is 110 Å². The summed E-state index contributed by atoms with van der Waals surface area (Å²) in [6.45, 7) is 36.9. The van der Waals surface area contributed by atoms with E-state index < -0.39 is 43.7 Å². The minimum atomic E-state index is -3.65. The van der Waals surface area contributed by atoms with E-state index in [0.717, 1.165) is 111 Å². The first-order chi connectivity index (χ1) is 70.9. The van der Waals surface area contributed by atoms with Crippen LogP contribution in [0.3, 0.4) is 0 Å². The van der Waals surface area contributed by atoms with Crippen LogP contribution in [0, 0.1) is 0 Å². The number of aryl methyl sites for hydroxylation is 1. The van der Waals surface area contributed by atoms with Crippen LogP contribution >= 0.6 is 75.1 Å². The summed E-state index contributed by atoms with van der Waals surface area (Å²) >= 11 is 21.4. The highest BCUT2D eigenvalue weighted by Gasteiger charge is 2.38. The summed E-state index contributed by atoms with van der Waals surface area (Å²) in [5.74, 6) is 5.78. The van der Waals surface area contributed by atoms with Gasteiger partial charge in [0, 0.05) is 176 Å². The monoisotopic (exact) mass is 2200 g/mol. The van der Waals surface area contributed by atoms with Gasteiger partial charge in [-0.05, 0) is 216 Å².